The van der Waals surface area contributed by atoms with Crippen LogP contribution >= 0.6 is 0 Å². The molecule has 0 saturated carbocycles. The van der Waals surface area contributed by atoms with Crippen LogP contribution in [0.15, 0.2) is 42.6 Å². The molecule has 5 rings (SSSR count). The molecule has 1 amide bonds. The first kappa shape index (κ1) is 16.3. The average Bonchev–Trinajstić information content (AvgIpc) is 2.95. The minimum absolute atomic E-state index is 0.149. The van der Waals surface area contributed by atoms with Crippen LogP contribution in [0, 0.1) is 5.92 Å². The van der Waals surface area contributed by atoms with Gasteiger partial charge in [-0.3, -0.25) is 14.4 Å². The number of amides is 1. The van der Waals surface area contributed by atoms with Gasteiger partial charge in [0.15, 0.2) is 0 Å². The van der Waals surface area contributed by atoms with Crippen molar-refractivity contribution in [2.45, 2.75) is 38.9 Å². The number of aryl methyl sites for hydroxylation is 1. The molecule has 0 N–H and O–H groups in total. The van der Waals surface area contributed by atoms with E-state index in [9.17, 15) is 4.79 Å². The van der Waals surface area contributed by atoms with Crippen molar-refractivity contribution in [1.82, 2.24) is 19.6 Å². The van der Waals surface area contributed by atoms with Crippen molar-refractivity contribution in [2.24, 2.45) is 5.92 Å². The predicted octanol–water partition coefficient (Wildman–Crippen LogP) is 2.64. The van der Waals surface area contributed by atoms with Crippen molar-refractivity contribution in [1.29, 1.82) is 0 Å². The molecule has 0 unspecified atom stereocenters. The lowest BCUT2D eigenvalue weighted by Gasteiger charge is -2.36. The first-order valence-corrected chi connectivity index (χ1v) is 9.33. The van der Waals surface area contributed by atoms with Crippen molar-refractivity contribution in [2.75, 3.05) is 19.6 Å². The molecule has 0 aliphatic carbocycles. The topological polar surface area (TPSA) is 41.4 Å². The summed E-state index contributed by atoms with van der Waals surface area (Å²) >= 11 is 0. The van der Waals surface area contributed by atoms with E-state index in [4.69, 9.17) is 0 Å². The van der Waals surface area contributed by atoms with Gasteiger partial charge in [-0.15, -0.1) is 0 Å². The number of fused-ring (bicyclic) bond motifs is 4. The predicted molar refractivity (Wildman–Crippen MR) is 97.2 cm³/mol. The number of hydrogen-bond acceptors (Lipinski definition) is 3. The summed E-state index contributed by atoms with van der Waals surface area (Å²) in [6, 6.07) is 12.8. The van der Waals surface area contributed by atoms with Gasteiger partial charge in [0, 0.05) is 45.0 Å². The number of hydrogen-bond donors (Lipinski definition) is 0. The maximum absolute atomic E-state index is 13.1. The van der Waals surface area contributed by atoms with Gasteiger partial charge in [0.2, 0.25) is 0 Å². The fraction of sp³-hybridized carbons (Fsp3) is 0.500. The Morgan fingerprint density at radius 3 is 2.76 bits per heavy atom. The standard InChI is InChI=1S/C20H26N4O/c1-2-24-19(10-11-21-24)20(25)23-14-17-8-9-18(23)15-22(13-17)12-16-6-4-3-5-7-16/h3-7,10-11,17-18H,2,8-9,12-15H2,1H3/t17-,18+/m0/s1. The van der Waals surface area contributed by atoms with Crippen LogP contribution in [0.25, 0.3) is 0 Å². The van der Waals surface area contributed by atoms with Crippen LogP contribution in [0.5, 0.6) is 0 Å². The van der Waals surface area contributed by atoms with E-state index in [1.54, 1.807) is 6.20 Å². The van der Waals surface area contributed by atoms with Gasteiger partial charge in [-0.1, -0.05) is 30.3 Å². The van der Waals surface area contributed by atoms with Crippen molar-refractivity contribution < 1.29 is 4.79 Å². The van der Waals surface area contributed by atoms with Gasteiger partial charge < -0.3 is 4.90 Å². The summed E-state index contributed by atoms with van der Waals surface area (Å²) in [5.41, 5.74) is 2.08. The van der Waals surface area contributed by atoms with Crippen LogP contribution in [-0.2, 0) is 13.1 Å². The number of benzene rings is 1. The van der Waals surface area contributed by atoms with Crippen LogP contribution in [0.2, 0.25) is 0 Å². The van der Waals surface area contributed by atoms with Gasteiger partial charge in [-0.05, 0) is 37.3 Å². The van der Waals surface area contributed by atoms with E-state index in [0.29, 0.717) is 12.0 Å². The van der Waals surface area contributed by atoms with E-state index in [2.05, 4.69) is 45.2 Å². The summed E-state index contributed by atoms with van der Waals surface area (Å²) in [6.07, 6.45) is 4.07. The zero-order chi connectivity index (χ0) is 17.2. The molecule has 2 bridgehead atoms. The molecule has 2 atom stereocenters. The van der Waals surface area contributed by atoms with Crippen molar-refractivity contribution in [3.8, 4) is 0 Å². The third kappa shape index (κ3) is 3.33. The van der Waals surface area contributed by atoms with Gasteiger partial charge in [0.1, 0.15) is 5.69 Å². The zero-order valence-electron chi connectivity index (χ0n) is 14.8. The quantitative estimate of drug-likeness (QED) is 0.860. The molecule has 5 heteroatoms. The Morgan fingerprint density at radius 2 is 1.96 bits per heavy atom. The Bertz CT molecular complexity index is 726. The number of rotatable bonds is 4. The lowest BCUT2D eigenvalue weighted by atomic mass is 9.94. The second kappa shape index (κ2) is 7.00. The monoisotopic (exact) mass is 338 g/mol. The Labute approximate surface area is 149 Å². The van der Waals surface area contributed by atoms with E-state index in [1.165, 1.54) is 12.0 Å². The van der Waals surface area contributed by atoms with Crippen LogP contribution in [-0.4, -0.2) is 51.2 Å². The lowest BCUT2D eigenvalue weighted by molar-refractivity contribution is 0.0572. The molecular formula is C20H26N4O. The summed E-state index contributed by atoms with van der Waals surface area (Å²) in [5, 5.41) is 4.27. The number of aromatic nitrogens is 2. The molecule has 1 aromatic carbocycles. The van der Waals surface area contributed by atoms with E-state index in [0.717, 1.165) is 44.8 Å². The van der Waals surface area contributed by atoms with Crippen LogP contribution in [0.4, 0.5) is 0 Å². The minimum Gasteiger partial charge on any atom is -0.333 e. The highest BCUT2D eigenvalue weighted by atomic mass is 16.2. The van der Waals surface area contributed by atoms with E-state index in [1.807, 2.05) is 17.7 Å². The van der Waals surface area contributed by atoms with Crippen LogP contribution < -0.4 is 0 Å². The summed E-state index contributed by atoms with van der Waals surface area (Å²) in [6.45, 7) is 6.67. The minimum atomic E-state index is 0.149. The molecule has 3 fully saturated rings. The molecule has 0 radical (unpaired) electrons. The first-order valence-electron chi connectivity index (χ1n) is 9.33. The Morgan fingerprint density at radius 1 is 1.12 bits per heavy atom. The SMILES string of the molecule is CCn1nccc1C(=O)N1C[C@H]2CC[C@@H]1CN(Cc1ccccc1)C2. The third-order valence-electron chi connectivity index (χ3n) is 5.53. The second-order valence-electron chi connectivity index (χ2n) is 7.27. The molecular weight excluding hydrogens is 312 g/mol. The molecule has 3 aliphatic rings. The summed E-state index contributed by atoms with van der Waals surface area (Å²) in [5.74, 6) is 0.722. The maximum atomic E-state index is 13.1. The zero-order valence-corrected chi connectivity index (χ0v) is 14.8. The Kier molecular flexibility index (Phi) is 4.57. The lowest BCUT2D eigenvalue weighted by Crippen LogP contribution is -2.47. The molecule has 3 aliphatic heterocycles. The van der Waals surface area contributed by atoms with Crippen LogP contribution in [0.3, 0.4) is 0 Å². The van der Waals surface area contributed by atoms with Gasteiger partial charge in [-0.2, -0.15) is 5.10 Å². The van der Waals surface area contributed by atoms with Gasteiger partial charge in [0.25, 0.3) is 5.91 Å². The normalized spacial score (nSPS) is 23.6. The Hall–Kier alpha value is -2.14. The number of carbonyl (C=O) groups excluding carboxylic acids is 1. The molecule has 0 spiro atoms. The van der Waals surface area contributed by atoms with E-state index >= 15 is 0 Å². The highest BCUT2D eigenvalue weighted by Gasteiger charge is 2.38. The van der Waals surface area contributed by atoms with E-state index < -0.39 is 0 Å². The third-order valence-corrected chi connectivity index (χ3v) is 5.53. The van der Waals surface area contributed by atoms with Crippen molar-refractivity contribution in [3.05, 3.63) is 53.9 Å². The fourth-order valence-corrected chi connectivity index (χ4v) is 4.31. The number of carbonyl (C=O) groups is 1. The molecule has 25 heavy (non-hydrogen) atoms. The fourth-order valence-electron chi connectivity index (χ4n) is 4.31. The largest absolute Gasteiger partial charge is 0.333 e. The summed E-state index contributed by atoms with van der Waals surface area (Å²) < 4.78 is 1.81. The molecule has 1 aromatic heterocycles. The van der Waals surface area contributed by atoms with Gasteiger partial charge in [-0.25, -0.2) is 0 Å². The van der Waals surface area contributed by atoms with Crippen molar-refractivity contribution in [3.63, 3.8) is 0 Å². The number of piperidine rings is 1. The van der Waals surface area contributed by atoms with Gasteiger partial charge in [0.05, 0.1) is 0 Å². The molecule has 2 aromatic rings. The Balaban J connectivity index is 1.50. The smallest absolute Gasteiger partial charge is 0.272 e. The molecule has 4 heterocycles. The van der Waals surface area contributed by atoms with Crippen molar-refractivity contribution >= 4 is 5.91 Å². The molecule has 132 valence electrons. The molecule has 5 nitrogen and oxygen atoms in total. The van der Waals surface area contributed by atoms with Gasteiger partial charge >= 0.3 is 0 Å². The highest BCUT2D eigenvalue weighted by molar-refractivity contribution is 5.92. The highest BCUT2D eigenvalue weighted by Crippen LogP contribution is 2.30. The van der Waals surface area contributed by atoms with E-state index in [-0.39, 0.29) is 5.91 Å². The van der Waals surface area contributed by atoms with Crippen LogP contribution in [0.1, 0.15) is 35.8 Å². The first-order chi connectivity index (χ1) is 12.2. The molecule has 3 saturated heterocycles. The number of nitrogens with zero attached hydrogens (tertiary/aromatic N) is 4. The maximum Gasteiger partial charge on any atom is 0.272 e. The summed E-state index contributed by atoms with van der Waals surface area (Å²) in [7, 11) is 0. The summed E-state index contributed by atoms with van der Waals surface area (Å²) in [4.78, 5) is 17.7. The second-order valence-corrected chi connectivity index (χ2v) is 7.27. The average molecular weight is 338 g/mol.